The van der Waals surface area contributed by atoms with E-state index in [4.69, 9.17) is 11.6 Å². The van der Waals surface area contributed by atoms with Crippen LogP contribution in [0, 0.1) is 5.82 Å². The Morgan fingerprint density at radius 2 is 2.06 bits per heavy atom. The third kappa shape index (κ3) is 4.69. The van der Waals surface area contributed by atoms with Gasteiger partial charge >= 0.3 is 0 Å². The zero-order valence-electron chi connectivity index (χ0n) is 15.9. The van der Waals surface area contributed by atoms with Gasteiger partial charge in [0, 0.05) is 29.6 Å². The van der Waals surface area contributed by atoms with Crippen LogP contribution in [0.1, 0.15) is 12.0 Å². The highest BCUT2D eigenvalue weighted by Gasteiger charge is 2.17. The molecule has 3 N–H and O–H groups in total. The number of H-pyrrole nitrogens is 1. The molecular formula is C19H16ClFN7O2S-. The predicted molar refractivity (Wildman–Crippen MR) is 115 cm³/mol. The van der Waals surface area contributed by atoms with Crippen molar-refractivity contribution in [1.82, 2.24) is 29.6 Å². The Morgan fingerprint density at radius 3 is 2.90 bits per heavy atom. The van der Waals surface area contributed by atoms with Gasteiger partial charge in [0.05, 0.1) is 17.0 Å². The normalized spacial score (nSPS) is 12.2. The van der Waals surface area contributed by atoms with Crippen molar-refractivity contribution in [1.29, 1.82) is 0 Å². The minimum absolute atomic E-state index is 0.0781. The maximum atomic E-state index is 15.2. The molecule has 4 aromatic rings. The minimum Gasteiger partial charge on any atom is -0.760 e. The number of imidazole rings is 1. The third-order valence-electron chi connectivity index (χ3n) is 4.54. The Bertz CT molecular complexity index is 1250. The number of nitrogens with one attached hydrogen (secondary N) is 3. The van der Waals surface area contributed by atoms with Crippen molar-refractivity contribution in [3.8, 4) is 11.3 Å². The van der Waals surface area contributed by atoms with Crippen molar-refractivity contribution in [2.45, 2.75) is 12.8 Å². The van der Waals surface area contributed by atoms with E-state index in [1.165, 1.54) is 12.7 Å². The molecule has 1 unspecified atom stereocenters. The van der Waals surface area contributed by atoms with Crippen LogP contribution in [0.3, 0.4) is 0 Å². The molecule has 9 nitrogen and oxygen atoms in total. The molecule has 3 aromatic heterocycles. The summed E-state index contributed by atoms with van der Waals surface area (Å²) in [4.78, 5) is 19.9. The van der Waals surface area contributed by atoms with Gasteiger partial charge in [-0.2, -0.15) is 0 Å². The van der Waals surface area contributed by atoms with Crippen molar-refractivity contribution in [2.75, 3.05) is 11.9 Å². The van der Waals surface area contributed by atoms with E-state index >= 15 is 4.39 Å². The Labute approximate surface area is 183 Å². The second-order valence-electron chi connectivity index (χ2n) is 6.48. The quantitative estimate of drug-likeness (QED) is 0.271. The molecule has 0 saturated heterocycles. The molecule has 0 aliphatic rings. The van der Waals surface area contributed by atoms with E-state index < -0.39 is 17.1 Å². The van der Waals surface area contributed by atoms with Crippen molar-refractivity contribution >= 4 is 45.5 Å². The molecular weight excluding hydrogens is 445 g/mol. The van der Waals surface area contributed by atoms with Gasteiger partial charge in [-0.1, -0.05) is 17.7 Å². The van der Waals surface area contributed by atoms with Crippen LogP contribution < -0.4 is 10.0 Å². The fourth-order valence-electron chi connectivity index (χ4n) is 3.12. The molecule has 3 heterocycles. The second kappa shape index (κ2) is 9.43. The highest BCUT2D eigenvalue weighted by atomic mass is 35.5. The van der Waals surface area contributed by atoms with Crippen LogP contribution in [0.4, 0.5) is 15.9 Å². The summed E-state index contributed by atoms with van der Waals surface area (Å²) in [5.41, 5.74) is 2.78. The number of aromatic amines is 1. The maximum absolute atomic E-state index is 15.2. The number of anilines is 2. The molecule has 4 rings (SSSR count). The Hall–Kier alpha value is -2.99. The van der Waals surface area contributed by atoms with E-state index in [0.29, 0.717) is 46.6 Å². The molecule has 160 valence electrons. The second-order valence-corrected chi connectivity index (χ2v) is 7.64. The van der Waals surface area contributed by atoms with Gasteiger partial charge in [-0.15, -0.1) is 0 Å². The van der Waals surface area contributed by atoms with Crippen molar-refractivity contribution in [3.05, 3.63) is 59.5 Å². The van der Waals surface area contributed by atoms with Gasteiger partial charge in [-0.05, 0) is 36.6 Å². The predicted octanol–water partition coefficient (Wildman–Crippen LogP) is 3.27. The minimum atomic E-state index is -2.34. The fourth-order valence-corrected chi connectivity index (χ4v) is 3.63. The van der Waals surface area contributed by atoms with Gasteiger partial charge in [0.15, 0.2) is 11.5 Å². The van der Waals surface area contributed by atoms with Crippen LogP contribution in [0.5, 0.6) is 0 Å². The summed E-state index contributed by atoms with van der Waals surface area (Å²) in [6, 6.07) is 6.70. The highest BCUT2D eigenvalue weighted by molar-refractivity contribution is 7.77. The van der Waals surface area contributed by atoms with Gasteiger partial charge in [-0.3, -0.25) is 4.21 Å². The number of nitrogens with zero attached hydrogens (tertiary/aromatic N) is 4. The lowest BCUT2D eigenvalue weighted by atomic mass is 10.1. The number of rotatable bonds is 8. The maximum Gasteiger partial charge on any atom is 0.181 e. The first kappa shape index (κ1) is 21.2. The molecule has 31 heavy (non-hydrogen) atoms. The van der Waals surface area contributed by atoms with E-state index in [2.05, 4.69) is 35.0 Å². The SMILES string of the molecule is O=S([O-])NCCCc1ccc(Cl)c(Nc2ncccc2-c2ncnc3nc[nH]c23)c1F. The molecule has 0 aliphatic carbocycles. The molecule has 0 radical (unpaired) electrons. The number of fused-ring (bicyclic) bond motifs is 1. The Morgan fingerprint density at radius 1 is 1.19 bits per heavy atom. The van der Waals surface area contributed by atoms with Crippen LogP contribution >= 0.6 is 11.6 Å². The van der Waals surface area contributed by atoms with Gasteiger partial charge < -0.3 is 14.9 Å². The third-order valence-corrected chi connectivity index (χ3v) is 5.30. The summed E-state index contributed by atoms with van der Waals surface area (Å²) < 4.78 is 38.6. The standard InChI is InChI=1S/C19H17ClFN7O2S/c20-13-6-5-11(3-1-8-27-31(29)30)14(21)16(13)28-18-12(4-2-7-22-18)15-17-19(25-9-23-15)26-10-24-17/h2,4-7,9-10,27H,1,3,8H2,(H,22,28)(H,29,30)(H,23,24,25,26)/p-1. The number of hydrogen-bond donors (Lipinski definition) is 3. The molecule has 12 heteroatoms. The van der Waals surface area contributed by atoms with Crippen molar-refractivity contribution in [2.24, 2.45) is 0 Å². The lowest BCUT2D eigenvalue weighted by Gasteiger charge is -2.15. The first-order chi connectivity index (χ1) is 15.0. The molecule has 0 aliphatic heterocycles. The number of aryl methyl sites for hydroxylation is 1. The van der Waals surface area contributed by atoms with Gasteiger partial charge in [-0.25, -0.2) is 29.0 Å². The highest BCUT2D eigenvalue weighted by Crippen LogP contribution is 2.35. The number of pyridine rings is 1. The van der Waals surface area contributed by atoms with Crippen LogP contribution in [0.2, 0.25) is 5.02 Å². The Balaban J connectivity index is 1.65. The lowest BCUT2D eigenvalue weighted by molar-refractivity contribution is 0.521. The molecule has 0 spiro atoms. The number of halogens is 2. The van der Waals surface area contributed by atoms with Gasteiger partial charge in [0.1, 0.15) is 23.4 Å². The van der Waals surface area contributed by atoms with Gasteiger partial charge in [0.25, 0.3) is 0 Å². The molecule has 0 fully saturated rings. The summed E-state index contributed by atoms with van der Waals surface area (Å²) in [7, 11) is 0. The van der Waals surface area contributed by atoms with Crippen LogP contribution in [0.25, 0.3) is 22.4 Å². The largest absolute Gasteiger partial charge is 0.760 e. The van der Waals surface area contributed by atoms with Crippen LogP contribution in [-0.4, -0.2) is 40.2 Å². The zero-order chi connectivity index (χ0) is 21.8. The summed E-state index contributed by atoms with van der Waals surface area (Å²) in [6.45, 7) is 0.208. The van der Waals surface area contributed by atoms with Crippen LogP contribution in [-0.2, 0) is 17.7 Å². The first-order valence-corrected chi connectivity index (χ1v) is 10.7. The molecule has 0 bridgehead atoms. The van der Waals surface area contributed by atoms with Crippen molar-refractivity contribution in [3.63, 3.8) is 0 Å². The monoisotopic (exact) mass is 460 g/mol. The van der Waals surface area contributed by atoms with E-state index in [9.17, 15) is 8.76 Å². The fraction of sp³-hybridized carbons (Fsp3) is 0.158. The Kier molecular flexibility index (Phi) is 6.47. The zero-order valence-corrected chi connectivity index (χ0v) is 17.5. The smallest absolute Gasteiger partial charge is 0.181 e. The average Bonchev–Trinajstić information content (AvgIpc) is 3.25. The summed E-state index contributed by atoms with van der Waals surface area (Å²) in [5.74, 6) is -0.166. The topological polar surface area (TPSA) is 132 Å². The number of benzene rings is 1. The van der Waals surface area contributed by atoms with Crippen molar-refractivity contribution < 1.29 is 13.2 Å². The summed E-state index contributed by atoms with van der Waals surface area (Å²) in [5, 5.41) is 3.17. The van der Waals surface area contributed by atoms with Gasteiger partial charge in [0.2, 0.25) is 0 Å². The number of hydrogen-bond acceptors (Lipinski definition) is 7. The molecule has 1 aromatic carbocycles. The molecule has 0 amide bonds. The summed E-state index contributed by atoms with van der Waals surface area (Å²) in [6.07, 6.45) is 5.24. The van der Waals surface area contributed by atoms with E-state index in [-0.39, 0.29) is 17.3 Å². The van der Waals surface area contributed by atoms with E-state index in [1.54, 1.807) is 30.5 Å². The van der Waals surface area contributed by atoms with E-state index in [0.717, 1.165) is 0 Å². The molecule has 0 saturated carbocycles. The first-order valence-electron chi connectivity index (χ1n) is 9.20. The number of aromatic nitrogens is 5. The average molecular weight is 461 g/mol. The lowest BCUT2D eigenvalue weighted by Crippen LogP contribution is -2.18. The summed E-state index contributed by atoms with van der Waals surface area (Å²) >= 11 is 3.92. The molecule has 1 atom stereocenters. The van der Waals surface area contributed by atoms with E-state index in [1.807, 2.05) is 0 Å². The van der Waals surface area contributed by atoms with Crippen LogP contribution in [0.15, 0.2) is 43.1 Å².